The number of phenols is 1. The molecular formula is C15H14N4O4. The number of aromatic hydroxyl groups is 1. The van der Waals surface area contributed by atoms with E-state index in [0.29, 0.717) is 6.42 Å². The van der Waals surface area contributed by atoms with Crippen LogP contribution in [0.5, 0.6) is 5.75 Å². The monoisotopic (exact) mass is 314 g/mol. The molecule has 0 bridgehead atoms. The number of hydrogen-bond acceptors (Lipinski definition) is 6. The molecule has 1 heterocycles. The van der Waals surface area contributed by atoms with Gasteiger partial charge in [-0.25, -0.2) is 5.43 Å². The lowest BCUT2D eigenvalue weighted by molar-refractivity contribution is -0.384. The number of non-ortho nitro benzene ring substituents is 1. The van der Waals surface area contributed by atoms with Crippen LogP contribution >= 0.6 is 0 Å². The zero-order valence-corrected chi connectivity index (χ0v) is 12.0. The minimum absolute atomic E-state index is 0.143. The van der Waals surface area contributed by atoms with Crippen LogP contribution in [0.1, 0.15) is 17.7 Å². The van der Waals surface area contributed by atoms with Crippen LogP contribution in [0.4, 0.5) is 5.69 Å². The Hall–Kier alpha value is -3.29. The summed E-state index contributed by atoms with van der Waals surface area (Å²) in [6.45, 7) is 0. The van der Waals surface area contributed by atoms with Gasteiger partial charge in [0.1, 0.15) is 5.75 Å². The van der Waals surface area contributed by atoms with Crippen molar-refractivity contribution in [3.8, 4) is 5.75 Å². The van der Waals surface area contributed by atoms with Gasteiger partial charge >= 0.3 is 0 Å². The van der Waals surface area contributed by atoms with E-state index >= 15 is 0 Å². The van der Waals surface area contributed by atoms with Gasteiger partial charge < -0.3 is 5.11 Å². The number of hydrogen-bond donors (Lipinski definition) is 2. The molecule has 2 rings (SSSR count). The first-order valence-corrected chi connectivity index (χ1v) is 6.75. The van der Waals surface area contributed by atoms with Crippen molar-refractivity contribution in [3.05, 3.63) is 64.0 Å². The van der Waals surface area contributed by atoms with Crippen molar-refractivity contribution >= 4 is 17.8 Å². The zero-order valence-electron chi connectivity index (χ0n) is 12.0. The molecule has 118 valence electrons. The van der Waals surface area contributed by atoms with Crippen LogP contribution in [0.25, 0.3) is 0 Å². The second kappa shape index (κ2) is 7.64. The number of carbonyl (C=O) groups is 1. The first kappa shape index (κ1) is 16.1. The van der Waals surface area contributed by atoms with Gasteiger partial charge in [-0.15, -0.1) is 0 Å². The molecule has 1 aromatic carbocycles. The number of benzene rings is 1. The summed E-state index contributed by atoms with van der Waals surface area (Å²) < 4.78 is 0. The fourth-order valence-corrected chi connectivity index (χ4v) is 1.78. The lowest BCUT2D eigenvalue weighted by Crippen LogP contribution is -2.18. The highest BCUT2D eigenvalue weighted by molar-refractivity contribution is 5.86. The lowest BCUT2D eigenvalue weighted by Gasteiger charge is -2.01. The van der Waals surface area contributed by atoms with Crippen LogP contribution < -0.4 is 5.43 Å². The van der Waals surface area contributed by atoms with Crippen molar-refractivity contribution in [2.45, 2.75) is 12.8 Å². The third kappa shape index (κ3) is 4.88. The number of phenolic OH excluding ortho intramolecular Hbond substituents is 1. The van der Waals surface area contributed by atoms with Crippen molar-refractivity contribution < 1.29 is 14.8 Å². The number of nitrogens with one attached hydrogen (secondary N) is 1. The van der Waals surface area contributed by atoms with Gasteiger partial charge in [-0.1, -0.05) is 6.07 Å². The molecule has 0 unspecified atom stereocenters. The zero-order chi connectivity index (χ0) is 16.7. The number of nitrogens with zero attached hydrogens (tertiary/aromatic N) is 3. The first-order valence-electron chi connectivity index (χ1n) is 6.75. The molecule has 0 fully saturated rings. The van der Waals surface area contributed by atoms with E-state index in [-0.39, 0.29) is 29.3 Å². The summed E-state index contributed by atoms with van der Waals surface area (Å²) >= 11 is 0. The summed E-state index contributed by atoms with van der Waals surface area (Å²) in [5.41, 5.74) is 3.06. The minimum atomic E-state index is -0.581. The fourth-order valence-electron chi connectivity index (χ4n) is 1.78. The molecule has 0 aliphatic heterocycles. The number of carbonyl (C=O) groups excluding carboxylic acids is 1. The largest absolute Gasteiger partial charge is 0.507 e. The summed E-state index contributed by atoms with van der Waals surface area (Å²) in [7, 11) is 0. The molecule has 0 atom stereocenters. The molecule has 2 N–H and O–H groups in total. The average molecular weight is 314 g/mol. The Morgan fingerprint density at radius 2 is 2.22 bits per heavy atom. The van der Waals surface area contributed by atoms with E-state index < -0.39 is 4.92 Å². The van der Waals surface area contributed by atoms with Crippen molar-refractivity contribution in [2.75, 3.05) is 0 Å². The standard InChI is InChI=1S/C15H14N4O4/c20-14-6-5-13(19(22)23)9-11(14)10-17-18-15(21)7-4-12-3-1-2-8-16-12/h1-3,5-6,8-10,20H,4,7H2,(H,18,21)/b17-10+. The number of nitro benzene ring substituents is 1. The Bertz CT molecular complexity index is 732. The molecule has 8 heteroatoms. The average Bonchev–Trinajstić information content (AvgIpc) is 2.55. The van der Waals surface area contributed by atoms with Gasteiger partial charge in [0.05, 0.1) is 11.1 Å². The molecule has 2 aromatic rings. The molecular weight excluding hydrogens is 300 g/mol. The van der Waals surface area contributed by atoms with Crippen LogP contribution in [0, 0.1) is 10.1 Å². The Morgan fingerprint density at radius 1 is 1.39 bits per heavy atom. The van der Waals surface area contributed by atoms with E-state index in [2.05, 4.69) is 15.5 Å². The Morgan fingerprint density at radius 3 is 2.91 bits per heavy atom. The first-order chi connectivity index (χ1) is 11.1. The molecule has 0 aliphatic carbocycles. The molecule has 0 aliphatic rings. The van der Waals surface area contributed by atoms with Crippen LogP contribution in [-0.4, -0.2) is 27.1 Å². The van der Waals surface area contributed by atoms with Crippen molar-refractivity contribution in [3.63, 3.8) is 0 Å². The SMILES string of the molecule is O=C(CCc1ccccn1)N/N=C/c1cc([N+](=O)[O-])ccc1O. The number of aryl methyl sites for hydroxylation is 1. The molecule has 1 aromatic heterocycles. The Labute approximate surface area is 131 Å². The maximum absolute atomic E-state index is 11.6. The Kier molecular flexibility index (Phi) is 5.35. The molecule has 8 nitrogen and oxygen atoms in total. The smallest absolute Gasteiger partial charge is 0.270 e. The topological polar surface area (TPSA) is 118 Å². The maximum atomic E-state index is 11.6. The van der Waals surface area contributed by atoms with Crippen molar-refractivity contribution in [2.24, 2.45) is 5.10 Å². The second-order valence-corrected chi connectivity index (χ2v) is 4.61. The van der Waals surface area contributed by atoms with Gasteiger partial charge in [0.15, 0.2) is 0 Å². The third-order valence-electron chi connectivity index (χ3n) is 2.95. The van der Waals surface area contributed by atoms with Crippen LogP contribution in [0.15, 0.2) is 47.7 Å². The third-order valence-corrected chi connectivity index (χ3v) is 2.95. The summed E-state index contributed by atoms with van der Waals surface area (Å²) in [4.78, 5) is 25.8. The van der Waals surface area contributed by atoms with Crippen LogP contribution in [0.2, 0.25) is 0 Å². The van der Waals surface area contributed by atoms with Crippen LogP contribution in [-0.2, 0) is 11.2 Å². The number of rotatable bonds is 6. The summed E-state index contributed by atoms with van der Waals surface area (Å²) in [5.74, 6) is -0.487. The van der Waals surface area contributed by atoms with E-state index in [1.807, 2.05) is 12.1 Å². The van der Waals surface area contributed by atoms with Gasteiger partial charge in [0.25, 0.3) is 5.69 Å². The number of amides is 1. The van der Waals surface area contributed by atoms with E-state index in [1.165, 1.54) is 18.2 Å². The molecule has 0 radical (unpaired) electrons. The van der Waals surface area contributed by atoms with Crippen LogP contribution in [0.3, 0.4) is 0 Å². The normalized spacial score (nSPS) is 10.6. The summed E-state index contributed by atoms with van der Waals surface area (Å²) in [5, 5.41) is 24.0. The van der Waals surface area contributed by atoms with E-state index in [9.17, 15) is 20.0 Å². The molecule has 0 spiro atoms. The highest BCUT2D eigenvalue weighted by Gasteiger charge is 2.09. The molecule has 1 amide bonds. The van der Waals surface area contributed by atoms with E-state index in [4.69, 9.17) is 0 Å². The predicted octanol–water partition coefficient (Wildman–Crippen LogP) is 1.78. The van der Waals surface area contributed by atoms with Gasteiger partial charge in [0, 0.05) is 36.0 Å². The number of hydrazone groups is 1. The Balaban J connectivity index is 1.90. The number of pyridine rings is 1. The fraction of sp³-hybridized carbons (Fsp3) is 0.133. The molecule has 0 saturated heterocycles. The highest BCUT2D eigenvalue weighted by atomic mass is 16.6. The van der Waals surface area contributed by atoms with Gasteiger partial charge in [0.2, 0.25) is 5.91 Å². The lowest BCUT2D eigenvalue weighted by atomic mass is 10.2. The van der Waals surface area contributed by atoms with Crippen molar-refractivity contribution in [1.82, 2.24) is 10.4 Å². The number of aromatic nitrogens is 1. The molecule has 23 heavy (non-hydrogen) atoms. The van der Waals surface area contributed by atoms with Gasteiger partial charge in [-0.3, -0.25) is 19.9 Å². The summed E-state index contributed by atoms with van der Waals surface area (Å²) in [6, 6.07) is 8.99. The van der Waals surface area contributed by atoms with Gasteiger partial charge in [-0.05, 0) is 24.6 Å². The van der Waals surface area contributed by atoms with E-state index in [1.54, 1.807) is 12.3 Å². The molecule has 0 saturated carbocycles. The van der Waals surface area contributed by atoms with E-state index in [0.717, 1.165) is 11.9 Å². The summed E-state index contributed by atoms with van der Waals surface area (Å²) in [6.07, 6.45) is 3.48. The minimum Gasteiger partial charge on any atom is -0.507 e. The highest BCUT2D eigenvalue weighted by Crippen LogP contribution is 2.21. The van der Waals surface area contributed by atoms with Crippen molar-refractivity contribution in [1.29, 1.82) is 0 Å². The maximum Gasteiger partial charge on any atom is 0.270 e. The predicted molar refractivity (Wildman–Crippen MR) is 83.1 cm³/mol. The quantitative estimate of drug-likeness (QED) is 0.478. The number of nitro groups is 1. The second-order valence-electron chi connectivity index (χ2n) is 4.61. The van der Waals surface area contributed by atoms with Gasteiger partial charge in [-0.2, -0.15) is 5.10 Å².